The minimum atomic E-state index is -0.831. The van der Waals surface area contributed by atoms with E-state index in [1.807, 2.05) is 6.20 Å². The van der Waals surface area contributed by atoms with Crippen LogP contribution in [-0.4, -0.2) is 41.0 Å². The zero-order valence-electron chi connectivity index (χ0n) is 11.6. The molecule has 106 valence electrons. The Morgan fingerprint density at radius 2 is 2.32 bits per heavy atom. The molecule has 0 aromatic heterocycles. The number of carboxylic acid groups (broad SMARTS) is 1. The van der Waals surface area contributed by atoms with Gasteiger partial charge in [-0.3, -0.25) is 0 Å². The van der Waals surface area contributed by atoms with Crippen molar-refractivity contribution in [2.75, 3.05) is 19.6 Å². The molecule has 1 rings (SSSR count). The molecule has 1 heterocycles. The van der Waals surface area contributed by atoms with E-state index >= 15 is 0 Å². The highest BCUT2D eigenvalue weighted by atomic mass is 16.4. The van der Waals surface area contributed by atoms with Crippen LogP contribution in [0.15, 0.2) is 29.5 Å². The van der Waals surface area contributed by atoms with Crippen molar-refractivity contribution in [3.05, 3.63) is 24.6 Å². The van der Waals surface area contributed by atoms with Gasteiger partial charge < -0.3 is 10.8 Å². The number of amidine groups is 1. The van der Waals surface area contributed by atoms with Gasteiger partial charge >= 0.3 is 5.97 Å². The maximum atomic E-state index is 11.0. The molecule has 1 unspecified atom stereocenters. The van der Waals surface area contributed by atoms with Gasteiger partial charge in [0.05, 0.1) is 12.6 Å². The number of hydrogen-bond acceptors (Lipinski definition) is 3. The molecule has 0 radical (unpaired) electrons. The predicted molar refractivity (Wildman–Crippen MR) is 76.5 cm³/mol. The van der Waals surface area contributed by atoms with Gasteiger partial charge in [0.15, 0.2) is 6.54 Å². The molecule has 0 bridgehead atoms. The van der Waals surface area contributed by atoms with Crippen LogP contribution in [0.4, 0.5) is 0 Å². The molecule has 5 nitrogen and oxygen atoms in total. The first kappa shape index (κ1) is 15.6. The first-order valence-electron chi connectivity index (χ1n) is 6.83. The van der Waals surface area contributed by atoms with Crippen LogP contribution in [0.3, 0.4) is 0 Å². The monoisotopic (exact) mass is 266 g/mol. The van der Waals surface area contributed by atoms with Crippen molar-refractivity contribution in [2.45, 2.75) is 32.6 Å². The number of quaternary nitrogens is 1. The number of allylic oxidation sites excluding steroid dienone is 1. The number of nitrogens with zero attached hydrogens (tertiary/aromatic N) is 2. The molecule has 0 saturated carbocycles. The molecule has 5 heteroatoms. The maximum Gasteiger partial charge on any atom is 0.360 e. The van der Waals surface area contributed by atoms with Crippen LogP contribution < -0.4 is 5.73 Å². The maximum absolute atomic E-state index is 11.0. The van der Waals surface area contributed by atoms with Crippen molar-refractivity contribution in [1.82, 2.24) is 0 Å². The van der Waals surface area contributed by atoms with Gasteiger partial charge in [-0.05, 0) is 6.42 Å². The Morgan fingerprint density at radius 1 is 1.53 bits per heavy atom. The summed E-state index contributed by atoms with van der Waals surface area (Å²) in [7, 11) is 0. The highest BCUT2D eigenvalue weighted by Gasteiger charge is 2.36. The summed E-state index contributed by atoms with van der Waals surface area (Å²) in [4.78, 5) is 15.3. The third-order valence-electron chi connectivity index (χ3n) is 3.23. The summed E-state index contributed by atoms with van der Waals surface area (Å²) in [5, 5.41) is 9.06. The first-order valence-corrected chi connectivity index (χ1v) is 6.83. The van der Waals surface area contributed by atoms with E-state index < -0.39 is 5.97 Å². The average Bonchev–Trinajstić information content (AvgIpc) is 2.71. The second kappa shape index (κ2) is 7.86. The third-order valence-corrected chi connectivity index (χ3v) is 3.23. The van der Waals surface area contributed by atoms with E-state index in [1.54, 1.807) is 6.20 Å². The smallest absolute Gasteiger partial charge is 0.360 e. The molecule has 0 saturated heterocycles. The lowest BCUT2D eigenvalue weighted by atomic mass is 10.2. The number of nitrogens with two attached hydrogens (primary N) is 1. The number of carboxylic acids is 1. The van der Waals surface area contributed by atoms with Crippen molar-refractivity contribution in [1.29, 1.82) is 0 Å². The summed E-state index contributed by atoms with van der Waals surface area (Å²) in [5.41, 5.74) is 5.61. The normalized spacial score (nSPS) is 22.1. The Balaban J connectivity index is 2.65. The standard InChI is InChI=1S/C14H23N3O2/c1-2-3-4-5-6-7-13-16-9-11-17(13,10-8-15)12-14(18)19/h5-6,9,11H,2-4,7-8,10,12,15H2,1H3/p+1/b6-5+. The molecular formula is C14H24N3O2+. The highest BCUT2D eigenvalue weighted by Crippen LogP contribution is 2.19. The quantitative estimate of drug-likeness (QED) is 0.380. The van der Waals surface area contributed by atoms with E-state index in [-0.39, 0.29) is 11.0 Å². The average molecular weight is 266 g/mol. The summed E-state index contributed by atoms with van der Waals surface area (Å²) in [6, 6.07) is 0. The zero-order valence-corrected chi connectivity index (χ0v) is 11.6. The summed E-state index contributed by atoms with van der Waals surface area (Å²) >= 11 is 0. The number of hydrogen-bond donors (Lipinski definition) is 2. The second-order valence-corrected chi connectivity index (χ2v) is 4.76. The van der Waals surface area contributed by atoms with Crippen molar-refractivity contribution in [3.63, 3.8) is 0 Å². The Bertz CT molecular complexity index is 388. The van der Waals surface area contributed by atoms with Gasteiger partial charge in [0.25, 0.3) is 0 Å². The van der Waals surface area contributed by atoms with Crippen molar-refractivity contribution in [2.24, 2.45) is 10.7 Å². The zero-order chi connectivity index (χ0) is 14.1. The van der Waals surface area contributed by atoms with Crippen LogP contribution >= 0.6 is 0 Å². The molecule has 0 spiro atoms. The van der Waals surface area contributed by atoms with E-state index in [0.29, 0.717) is 19.5 Å². The molecule has 1 atom stereocenters. The van der Waals surface area contributed by atoms with Crippen LogP contribution in [0.25, 0.3) is 0 Å². The minimum absolute atomic E-state index is 0.00926. The van der Waals surface area contributed by atoms with Crippen LogP contribution in [-0.2, 0) is 4.79 Å². The largest absolute Gasteiger partial charge is 0.477 e. The lowest BCUT2D eigenvalue weighted by Crippen LogP contribution is -2.52. The molecule has 0 aromatic carbocycles. The molecular weight excluding hydrogens is 242 g/mol. The molecule has 0 aliphatic carbocycles. The van der Waals surface area contributed by atoms with E-state index in [0.717, 1.165) is 12.3 Å². The summed E-state index contributed by atoms with van der Waals surface area (Å²) in [5.74, 6) is 0.0308. The molecule has 1 aliphatic rings. The van der Waals surface area contributed by atoms with Crippen LogP contribution in [0.5, 0.6) is 0 Å². The van der Waals surface area contributed by atoms with E-state index in [9.17, 15) is 4.79 Å². The van der Waals surface area contributed by atoms with Gasteiger partial charge in [0.2, 0.25) is 5.84 Å². The molecule has 1 aliphatic heterocycles. The van der Waals surface area contributed by atoms with Gasteiger partial charge in [0, 0.05) is 6.54 Å². The SMILES string of the molecule is CCCC/C=C/CC1=NC=C[N+]1(CCN)CC(=O)O. The predicted octanol–water partition coefficient (Wildman–Crippen LogP) is 1.87. The lowest BCUT2D eigenvalue weighted by Gasteiger charge is -2.29. The summed E-state index contributed by atoms with van der Waals surface area (Å²) < 4.78 is 0.254. The van der Waals surface area contributed by atoms with Gasteiger partial charge in [-0.15, -0.1) is 0 Å². The van der Waals surface area contributed by atoms with Crippen LogP contribution in [0.1, 0.15) is 32.6 Å². The minimum Gasteiger partial charge on any atom is -0.477 e. The second-order valence-electron chi connectivity index (χ2n) is 4.76. The van der Waals surface area contributed by atoms with Crippen molar-refractivity contribution >= 4 is 11.8 Å². The fourth-order valence-corrected chi connectivity index (χ4v) is 2.21. The lowest BCUT2D eigenvalue weighted by molar-refractivity contribution is -0.777. The number of unbranched alkanes of at least 4 members (excludes halogenated alkanes) is 2. The fourth-order valence-electron chi connectivity index (χ4n) is 2.21. The fraction of sp³-hybridized carbons (Fsp3) is 0.571. The number of aliphatic imine (C=N–C) groups is 1. The number of aliphatic carboxylic acids is 1. The molecule has 3 N–H and O–H groups in total. The van der Waals surface area contributed by atoms with Crippen molar-refractivity contribution in [3.8, 4) is 0 Å². The third kappa shape index (κ3) is 4.61. The van der Waals surface area contributed by atoms with Gasteiger partial charge in [-0.1, -0.05) is 31.9 Å². The highest BCUT2D eigenvalue weighted by molar-refractivity contribution is 5.82. The van der Waals surface area contributed by atoms with Crippen LogP contribution in [0.2, 0.25) is 0 Å². The molecule has 19 heavy (non-hydrogen) atoms. The molecule has 0 aromatic rings. The molecule has 0 amide bonds. The Kier molecular flexibility index (Phi) is 6.45. The Labute approximate surface area is 114 Å². The molecule has 0 fully saturated rings. The van der Waals surface area contributed by atoms with Gasteiger partial charge in [0.1, 0.15) is 12.7 Å². The first-order chi connectivity index (χ1) is 9.14. The topological polar surface area (TPSA) is 75.7 Å². The number of carbonyl (C=O) groups is 1. The Morgan fingerprint density at radius 3 is 2.95 bits per heavy atom. The van der Waals surface area contributed by atoms with Gasteiger partial charge in [-0.25, -0.2) is 14.3 Å². The van der Waals surface area contributed by atoms with E-state index in [4.69, 9.17) is 10.8 Å². The van der Waals surface area contributed by atoms with E-state index in [1.165, 1.54) is 12.8 Å². The van der Waals surface area contributed by atoms with Gasteiger partial charge in [-0.2, -0.15) is 0 Å². The number of rotatable bonds is 9. The van der Waals surface area contributed by atoms with Crippen molar-refractivity contribution < 1.29 is 14.4 Å². The Hall–Kier alpha value is -1.46. The summed E-state index contributed by atoms with van der Waals surface area (Å²) in [6.45, 7) is 3.19. The summed E-state index contributed by atoms with van der Waals surface area (Å²) in [6.07, 6.45) is 11.8. The van der Waals surface area contributed by atoms with E-state index in [2.05, 4.69) is 24.1 Å². The van der Waals surface area contributed by atoms with Crippen LogP contribution in [0, 0.1) is 0 Å².